The van der Waals surface area contributed by atoms with E-state index >= 15 is 4.57 Å². The van der Waals surface area contributed by atoms with E-state index in [2.05, 4.69) is 15.9 Å². The summed E-state index contributed by atoms with van der Waals surface area (Å²) >= 11 is 3.51. The van der Waals surface area contributed by atoms with Crippen LogP contribution < -0.4 is 15.9 Å². The summed E-state index contributed by atoms with van der Waals surface area (Å²) in [6.07, 6.45) is 0. The van der Waals surface area contributed by atoms with Gasteiger partial charge < -0.3 is 13.4 Å². The predicted octanol–water partition coefficient (Wildman–Crippen LogP) is 7.89. The lowest BCUT2D eigenvalue weighted by molar-refractivity contribution is 0.592. The second kappa shape index (κ2) is 7.71. The number of halogens is 1. The van der Waals surface area contributed by atoms with Gasteiger partial charge in [-0.15, -0.1) is 0 Å². The van der Waals surface area contributed by atoms with Gasteiger partial charge in [0, 0.05) is 41.9 Å². The van der Waals surface area contributed by atoms with E-state index in [0.717, 1.165) is 64.3 Å². The number of para-hydroxylation sites is 2. The van der Waals surface area contributed by atoms with Crippen molar-refractivity contribution in [2.24, 2.45) is 0 Å². The fourth-order valence-electron chi connectivity index (χ4n) is 4.92. The van der Waals surface area contributed by atoms with E-state index in [1.807, 2.05) is 109 Å². The monoisotopic (exact) mass is 536 g/mol. The topological polar surface area (TPSA) is 43.4 Å². The molecule has 2 aromatic heterocycles. The van der Waals surface area contributed by atoms with Gasteiger partial charge in [-0.05, 0) is 72.8 Å². The molecule has 0 saturated heterocycles. The molecule has 0 aliphatic carbocycles. The van der Waals surface area contributed by atoms with Gasteiger partial charge in [0.2, 0.25) is 0 Å². The average Bonchev–Trinajstić information content (AvgIpc) is 3.46. The van der Waals surface area contributed by atoms with Gasteiger partial charge >= 0.3 is 0 Å². The zero-order chi connectivity index (χ0) is 23.6. The number of fused-ring (bicyclic) bond motifs is 6. The van der Waals surface area contributed by atoms with Crippen molar-refractivity contribution >= 4 is 82.9 Å². The van der Waals surface area contributed by atoms with Gasteiger partial charge in [-0.1, -0.05) is 52.3 Å². The number of hydrogen-bond acceptors (Lipinski definition) is 3. The molecule has 0 unspecified atom stereocenters. The Balaban J connectivity index is 1.50. The molecular weight excluding hydrogens is 519 g/mol. The molecule has 5 heteroatoms. The maximum Gasteiger partial charge on any atom is 0.171 e. The predicted molar refractivity (Wildman–Crippen MR) is 148 cm³/mol. The summed E-state index contributed by atoms with van der Waals surface area (Å²) < 4.78 is 28.4. The largest absolute Gasteiger partial charge is 0.456 e. The first-order chi connectivity index (χ1) is 17.1. The molecule has 2 heterocycles. The van der Waals surface area contributed by atoms with Crippen LogP contribution in [0.1, 0.15) is 0 Å². The number of hydrogen-bond donors (Lipinski definition) is 0. The van der Waals surface area contributed by atoms with Gasteiger partial charge in [-0.3, -0.25) is 0 Å². The van der Waals surface area contributed by atoms with E-state index in [4.69, 9.17) is 8.83 Å². The number of rotatable bonds is 3. The summed E-state index contributed by atoms with van der Waals surface area (Å²) in [7, 11) is -3.23. The second-order valence-electron chi connectivity index (χ2n) is 8.64. The Bertz CT molecular complexity index is 1830. The standard InChI is InChI=1S/C30H18BrO3P/c31-19-9-11-20(12-10-19)35(32,21-13-15-25-23-5-1-3-7-27(23)33-29(25)17-21)22-14-16-26-24-6-2-4-8-28(24)34-30(26)18-22/h1-18H. The first-order valence-corrected chi connectivity index (χ1v) is 13.8. The van der Waals surface area contributed by atoms with Crippen LogP contribution in [0.5, 0.6) is 0 Å². The van der Waals surface area contributed by atoms with E-state index in [9.17, 15) is 0 Å². The molecule has 0 spiro atoms. The fraction of sp³-hybridized carbons (Fsp3) is 0. The Hall–Kier alpha value is -3.59. The van der Waals surface area contributed by atoms with E-state index in [-0.39, 0.29) is 0 Å². The first kappa shape index (κ1) is 20.8. The van der Waals surface area contributed by atoms with Gasteiger partial charge in [0.15, 0.2) is 7.14 Å². The molecule has 0 N–H and O–H groups in total. The molecule has 0 aliphatic rings. The average molecular weight is 537 g/mol. The second-order valence-corrected chi connectivity index (χ2v) is 12.3. The smallest absolute Gasteiger partial charge is 0.171 e. The summed E-state index contributed by atoms with van der Waals surface area (Å²) in [5.74, 6) is 0. The highest BCUT2D eigenvalue weighted by molar-refractivity contribution is 9.10. The van der Waals surface area contributed by atoms with Gasteiger partial charge in [0.05, 0.1) is 0 Å². The third-order valence-electron chi connectivity index (χ3n) is 6.64. The minimum atomic E-state index is -3.23. The molecule has 0 bridgehead atoms. The van der Waals surface area contributed by atoms with Crippen LogP contribution in [0.15, 0.2) is 123 Å². The van der Waals surface area contributed by atoms with E-state index in [1.165, 1.54) is 0 Å². The molecule has 0 saturated carbocycles. The number of furan rings is 2. The van der Waals surface area contributed by atoms with Crippen molar-refractivity contribution in [3.8, 4) is 0 Å². The molecule has 7 rings (SSSR count). The summed E-state index contributed by atoms with van der Waals surface area (Å²) in [5, 5.41) is 6.33. The Labute approximate surface area is 209 Å². The van der Waals surface area contributed by atoms with Crippen LogP contribution in [0.4, 0.5) is 0 Å². The molecule has 0 aliphatic heterocycles. The summed E-state index contributed by atoms with van der Waals surface area (Å²) in [6, 6.07) is 35.5. The van der Waals surface area contributed by atoms with Gasteiger partial charge in [-0.25, -0.2) is 0 Å². The van der Waals surface area contributed by atoms with Gasteiger partial charge in [-0.2, -0.15) is 0 Å². The van der Waals surface area contributed by atoms with Crippen LogP contribution in [0.25, 0.3) is 43.9 Å². The van der Waals surface area contributed by atoms with E-state index in [0.29, 0.717) is 0 Å². The van der Waals surface area contributed by atoms with Crippen molar-refractivity contribution in [2.75, 3.05) is 0 Å². The van der Waals surface area contributed by atoms with E-state index < -0.39 is 7.14 Å². The molecule has 0 radical (unpaired) electrons. The van der Waals surface area contributed by atoms with Crippen molar-refractivity contribution in [1.29, 1.82) is 0 Å². The molecule has 0 fully saturated rings. The zero-order valence-electron chi connectivity index (χ0n) is 18.4. The van der Waals surface area contributed by atoms with Gasteiger partial charge in [0.1, 0.15) is 22.3 Å². The van der Waals surface area contributed by atoms with Crippen LogP contribution in [-0.2, 0) is 4.57 Å². The molecule has 35 heavy (non-hydrogen) atoms. The third-order valence-corrected chi connectivity index (χ3v) is 10.2. The zero-order valence-corrected chi connectivity index (χ0v) is 20.9. The molecule has 0 amide bonds. The maximum atomic E-state index is 15.1. The van der Waals surface area contributed by atoms with Crippen molar-refractivity contribution in [3.63, 3.8) is 0 Å². The summed E-state index contributed by atoms with van der Waals surface area (Å²) in [4.78, 5) is 0. The molecule has 5 aromatic carbocycles. The van der Waals surface area contributed by atoms with Gasteiger partial charge in [0.25, 0.3) is 0 Å². The molecule has 7 aromatic rings. The highest BCUT2D eigenvalue weighted by atomic mass is 79.9. The lowest BCUT2D eigenvalue weighted by Gasteiger charge is -2.20. The lowest BCUT2D eigenvalue weighted by atomic mass is 10.1. The third kappa shape index (κ3) is 3.14. The van der Waals surface area contributed by atoms with Crippen LogP contribution in [0, 0.1) is 0 Å². The van der Waals surface area contributed by atoms with Crippen molar-refractivity contribution in [1.82, 2.24) is 0 Å². The Morgan fingerprint density at radius 1 is 0.486 bits per heavy atom. The summed E-state index contributed by atoms with van der Waals surface area (Å²) in [6.45, 7) is 0. The SMILES string of the molecule is O=P(c1ccc(Br)cc1)(c1ccc2c(c1)oc1ccccc12)c1ccc2c(c1)oc1ccccc12. The minimum absolute atomic E-state index is 0.724. The quantitative estimate of drug-likeness (QED) is 0.215. The fourth-order valence-corrected chi connectivity index (χ4v) is 7.81. The van der Waals surface area contributed by atoms with Crippen molar-refractivity contribution < 1.29 is 13.4 Å². The normalized spacial score (nSPS) is 12.3. The highest BCUT2D eigenvalue weighted by Gasteiger charge is 2.31. The van der Waals surface area contributed by atoms with Crippen LogP contribution in [0.2, 0.25) is 0 Å². The lowest BCUT2D eigenvalue weighted by Crippen LogP contribution is -2.25. The molecule has 0 atom stereocenters. The number of benzene rings is 5. The van der Waals surface area contributed by atoms with Crippen LogP contribution >= 0.6 is 23.1 Å². The van der Waals surface area contributed by atoms with Crippen LogP contribution in [0.3, 0.4) is 0 Å². The maximum absolute atomic E-state index is 15.1. The Kier molecular flexibility index (Phi) is 4.57. The highest BCUT2D eigenvalue weighted by Crippen LogP contribution is 2.45. The minimum Gasteiger partial charge on any atom is -0.456 e. The first-order valence-electron chi connectivity index (χ1n) is 11.3. The van der Waals surface area contributed by atoms with Crippen molar-refractivity contribution in [2.45, 2.75) is 0 Å². The molecule has 168 valence electrons. The van der Waals surface area contributed by atoms with Crippen molar-refractivity contribution in [3.05, 3.63) is 114 Å². The Morgan fingerprint density at radius 3 is 1.43 bits per heavy atom. The summed E-state index contributed by atoms with van der Waals surface area (Å²) in [5.41, 5.74) is 3.10. The Morgan fingerprint density at radius 2 is 0.914 bits per heavy atom. The van der Waals surface area contributed by atoms with Crippen LogP contribution in [-0.4, -0.2) is 0 Å². The molecular formula is C30H18BrO3P. The molecule has 3 nitrogen and oxygen atoms in total. The van der Waals surface area contributed by atoms with E-state index in [1.54, 1.807) is 0 Å².